The summed E-state index contributed by atoms with van der Waals surface area (Å²) in [6.07, 6.45) is 2.72. The Labute approximate surface area is 110 Å². The van der Waals surface area contributed by atoms with Crippen LogP contribution in [-0.2, 0) is 17.0 Å². The van der Waals surface area contributed by atoms with Crippen LogP contribution in [0.1, 0.15) is 48.2 Å². The van der Waals surface area contributed by atoms with Crippen molar-refractivity contribution < 1.29 is 9.90 Å². The van der Waals surface area contributed by atoms with E-state index in [-0.39, 0.29) is 5.92 Å². The zero-order valence-electron chi connectivity index (χ0n) is 10.1. The summed E-state index contributed by atoms with van der Waals surface area (Å²) < 4.78 is 0. The van der Waals surface area contributed by atoms with Gasteiger partial charge in [0.2, 0.25) is 0 Å². The summed E-state index contributed by atoms with van der Waals surface area (Å²) in [5.41, 5.74) is 0.841. The van der Waals surface area contributed by atoms with Crippen molar-refractivity contribution in [1.29, 1.82) is 0 Å². The summed E-state index contributed by atoms with van der Waals surface area (Å²) >= 11 is 3.56. The van der Waals surface area contributed by atoms with Gasteiger partial charge in [-0.1, -0.05) is 13.8 Å². The second-order valence-corrected chi connectivity index (χ2v) is 7.29. The number of carbonyl (C=O) groups is 1. The van der Waals surface area contributed by atoms with Crippen LogP contribution in [0, 0.1) is 0 Å². The summed E-state index contributed by atoms with van der Waals surface area (Å²) in [6, 6.07) is 0. The summed E-state index contributed by atoms with van der Waals surface area (Å²) in [4.78, 5) is 16.9. The van der Waals surface area contributed by atoms with Crippen LogP contribution in [-0.4, -0.2) is 21.3 Å². The number of hydrogen-bond donors (Lipinski definition) is 1. The Morgan fingerprint density at radius 1 is 1.65 bits per heavy atom. The van der Waals surface area contributed by atoms with Gasteiger partial charge in [0.05, 0.1) is 11.6 Å². The Hall–Kier alpha value is -0.550. The smallest absolute Gasteiger partial charge is 0.312 e. The first-order chi connectivity index (χ1) is 8.08. The second kappa shape index (κ2) is 5.40. The van der Waals surface area contributed by atoms with Crippen LogP contribution >= 0.6 is 23.1 Å². The number of aliphatic carboxylic acids is 1. The van der Waals surface area contributed by atoms with E-state index in [4.69, 9.17) is 0 Å². The minimum Gasteiger partial charge on any atom is -0.481 e. The molecular formula is C12H17NO2S2. The molecule has 1 aliphatic carbocycles. The summed E-state index contributed by atoms with van der Waals surface area (Å²) in [6.45, 7) is 4.33. The fraction of sp³-hybridized carbons (Fsp3) is 0.667. The summed E-state index contributed by atoms with van der Waals surface area (Å²) in [5, 5.41) is 10.8. The van der Waals surface area contributed by atoms with Crippen LogP contribution in [0.2, 0.25) is 0 Å². The number of aromatic nitrogens is 1. The van der Waals surface area contributed by atoms with Crippen LogP contribution in [0.5, 0.6) is 0 Å². The van der Waals surface area contributed by atoms with Crippen molar-refractivity contribution in [2.75, 3.05) is 0 Å². The van der Waals surface area contributed by atoms with Gasteiger partial charge in [-0.25, -0.2) is 4.98 Å². The van der Waals surface area contributed by atoms with Crippen molar-refractivity contribution in [3.05, 3.63) is 15.6 Å². The maximum Gasteiger partial charge on any atom is 0.312 e. The quantitative estimate of drug-likeness (QED) is 0.913. The maximum atomic E-state index is 11.2. The van der Waals surface area contributed by atoms with Gasteiger partial charge in [0.25, 0.3) is 0 Å². The standard InChI is InChI=1S/C12H17NO2S2/c1-7(2)16-6-10-13-11-8(12(14)15)4-3-5-9(11)17-10/h7-8H,3-6H2,1-2H3,(H,14,15). The van der Waals surface area contributed by atoms with Gasteiger partial charge in [-0.05, 0) is 24.5 Å². The van der Waals surface area contributed by atoms with Gasteiger partial charge in [0.1, 0.15) is 5.01 Å². The van der Waals surface area contributed by atoms with E-state index in [1.807, 2.05) is 11.8 Å². The number of nitrogens with zero attached hydrogens (tertiary/aromatic N) is 1. The highest BCUT2D eigenvalue weighted by Gasteiger charge is 2.29. The van der Waals surface area contributed by atoms with Gasteiger partial charge in [-0.2, -0.15) is 11.8 Å². The molecule has 1 N–H and O–H groups in total. The largest absolute Gasteiger partial charge is 0.481 e. The molecule has 0 fully saturated rings. The Morgan fingerprint density at radius 2 is 2.41 bits per heavy atom. The van der Waals surface area contributed by atoms with Gasteiger partial charge in [-0.3, -0.25) is 4.79 Å². The highest BCUT2D eigenvalue weighted by atomic mass is 32.2. The average Bonchev–Trinajstić information content (AvgIpc) is 2.68. The predicted molar refractivity (Wildman–Crippen MR) is 71.9 cm³/mol. The van der Waals surface area contributed by atoms with Gasteiger partial charge < -0.3 is 5.11 Å². The molecule has 1 aliphatic rings. The number of rotatable bonds is 4. The topological polar surface area (TPSA) is 50.2 Å². The number of thiazole rings is 1. The Morgan fingerprint density at radius 3 is 3.06 bits per heavy atom. The summed E-state index contributed by atoms with van der Waals surface area (Å²) in [7, 11) is 0. The van der Waals surface area contributed by atoms with Gasteiger partial charge in [0.15, 0.2) is 0 Å². The molecule has 0 saturated heterocycles. The monoisotopic (exact) mass is 271 g/mol. The van der Waals surface area contributed by atoms with Gasteiger partial charge in [0, 0.05) is 10.6 Å². The fourth-order valence-electron chi connectivity index (χ4n) is 2.01. The first-order valence-electron chi connectivity index (χ1n) is 5.90. The number of aryl methyl sites for hydroxylation is 1. The van der Waals surface area contributed by atoms with Crippen LogP contribution in [0.4, 0.5) is 0 Å². The van der Waals surface area contributed by atoms with Crippen LogP contribution in [0.3, 0.4) is 0 Å². The second-order valence-electron chi connectivity index (χ2n) is 4.56. The van der Waals surface area contributed by atoms with Gasteiger partial charge in [-0.15, -0.1) is 11.3 Å². The third kappa shape index (κ3) is 3.01. The predicted octanol–water partition coefficient (Wildman–Crippen LogP) is 3.29. The van der Waals surface area contributed by atoms with E-state index in [9.17, 15) is 9.90 Å². The SMILES string of the molecule is CC(C)SCc1nc2c(s1)CCCC2C(=O)O. The molecule has 1 heterocycles. The van der Waals surface area contributed by atoms with E-state index in [1.165, 1.54) is 4.88 Å². The van der Waals surface area contributed by atoms with E-state index in [0.29, 0.717) is 5.25 Å². The first kappa shape index (κ1) is 12.9. The number of thioether (sulfide) groups is 1. The Bertz CT molecular complexity index is 415. The summed E-state index contributed by atoms with van der Waals surface area (Å²) in [5.74, 6) is -0.186. The van der Waals surface area contributed by atoms with Crippen molar-refractivity contribution in [2.45, 2.75) is 50.0 Å². The molecule has 17 heavy (non-hydrogen) atoms. The van der Waals surface area contributed by atoms with E-state index >= 15 is 0 Å². The molecule has 0 spiro atoms. The molecule has 0 saturated carbocycles. The molecule has 2 rings (SSSR count). The molecule has 1 aromatic rings. The van der Waals surface area contributed by atoms with Crippen LogP contribution in [0.25, 0.3) is 0 Å². The van der Waals surface area contributed by atoms with Crippen molar-refractivity contribution in [3.8, 4) is 0 Å². The molecule has 1 atom stereocenters. The van der Waals surface area contributed by atoms with E-state index < -0.39 is 5.97 Å². The molecular weight excluding hydrogens is 254 g/mol. The number of carboxylic acids is 1. The van der Waals surface area contributed by atoms with E-state index in [0.717, 1.165) is 35.7 Å². The van der Waals surface area contributed by atoms with Crippen molar-refractivity contribution >= 4 is 29.1 Å². The van der Waals surface area contributed by atoms with Crippen LogP contribution < -0.4 is 0 Å². The third-order valence-corrected chi connectivity index (χ3v) is 5.26. The van der Waals surface area contributed by atoms with E-state index in [2.05, 4.69) is 18.8 Å². The minimum absolute atomic E-state index is 0.368. The molecule has 0 aliphatic heterocycles. The molecule has 5 heteroatoms. The maximum absolute atomic E-state index is 11.2. The molecule has 94 valence electrons. The first-order valence-corrected chi connectivity index (χ1v) is 7.77. The number of fused-ring (bicyclic) bond motifs is 1. The van der Waals surface area contributed by atoms with Crippen molar-refractivity contribution in [1.82, 2.24) is 4.98 Å². The lowest BCUT2D eigenvalue weighted by molar-refractivity contribution is -0.139. The fourth-order valence-corrected chi connectivity index (χ4v) is 3.96. The minimum atomic E-state index is -0.723. The Balaban J connectivity index is 2.16. The average molecular weight is 271 g/mol. The molecule has 3 nitrogen and oxygen atoms in total. The molecule has 0 bridgehead atoms. The normalized spacial score (nSPS) is 19.4. The number of hydrogen-bond acceptors (Lipinski definition) is 4. The van der Waals surface area contributed by atoms with Crippen LogP contribution in [0.15, 0.2) is 0 Å². The number of carboxylic acid groups (broad SMARTS) is 1. The zero-order chi connectivity index (χ0) is 12.4. The Kier molecular flexibility index (Phi) is 4.09. The van der Waals surface area contributed by atoms with Gasteiger partial charge >= 0.3 is 5.97 Å². The van der Waals surface area contributed by atoms with Crippen molar-refractivity contribution in [2.24, 2.45) is 0 Å². The molecule has 0 amide bonds. The third-order valence-electron chi connectivity index (χ3n) is 2.84. The van der Waals surface area contributed by atoms with Crippen molar-refractivity contribution in [3.63, 3.8) is 0 Å². The molecule has 1 unspecified atom stereocenters. The molecule has 0 aromatic carbocycles. The lowest BCUT2D eigenvalue weighted by Gasteiger charge is -2.16. The zero-order valence-corrected chi connectivity index (χ0v) is 11.7. The highest BCUT2D eigenvalue weighted by molar-refractivity contribution is 7.99. The lowest BCUT2D eigenvalue weighted by Crippen LogP contribution is -2.17. The van der Waals surface area contributed by atoms with E-state index in [1.54, 1.807) is 11.3 Å². The highest BCUT2D eigenvalue weighted by Crippen LogP contribution is 2.36. The molecule has 0 radical (unpaired) electrons. The lowest BCUT2D eigenvalue weighted by atomic mass is 9.91. The molecule has 1 aromatic heterocycles.